The molecule has 0 saturated carbocycles. The average molecular weight is 314 g/mol. The fraction of sp³-hybridized carbons (Fsp3) is 0.471. The molecule has 1 aromatic rings. The lowest BCUT2D eigenvalue weighted by molar-refractivity contribution is -0.115. The summed E-state index contributed by atoms with van der Waals surface area (Å²) in [6.45, 7) is 8.44. The minimum absolute atomic E-state index is 0.0335. The zero-order valence-electron chi connectivity index (χ0n) is 14.1. The van der Waals surface area contributed by atoms with E-state index in [1.165, 1.54) is 0 Å². The van der Waals surface area contributed by atoms with Gasteiger partial charge >= 0.3 is 7.12 Å². The minimum Gasteiger partial charge on any atom is -0.400 e. The first-order valence-corrected chi connectivity index (χ1v) is 7.91. The number of amides is 1. The van der Waals surface area contributed by atoms with Gasteiger partial charge in [-0.2, -0.15) is 0 Å². The third-order valence-electron chi connectivity index (χ3n) is 4.90. The smallest absolute Gasteiger partial charge is 0.400 e. The van der Waals surface area contributed by atoms with Crippen LogP contribution in [0.3, 0.4) is 0 Å². The number of hydrogen-bond acceptors (Lipinski definition) is 4. The van der Waals surface area contributed by atoms with Crippen LogP contribution >= 0.6 is 0 Å². The predicted octanol–water partition coefficient (Wildman–Crippen LogP) is 2.15. The van der Waals surface area contributed by atoms with Crippen LogP contribution in [0.5, 0.6) is 0 Å². The van der Waals surface area contributed by atoms with Crippen molar-refractivity contribution in [1.82, 2.24) is 0 Å². The second-order valence-corrected chi connectivity index (χ2v) is 7.15. The van der Waals surface area contributed by atoms with Crippen LogP contribution in [0.4, 0.5) is 5.69 Å². The Balaban J connectivity index is 1.86. The highest BCUT2D eigenvalue weighted by atomic mass is 16.7. The lowest BCUT2D eigenvalue weighted by Crippen LogP contribution is -2.41. The Hall–Kier alpha value is -1.63. The molecular formula is C17H23BN2O3. The molecule has 2 aliphatic rings. The first-order valence-electron chi connectivity index (χ1n) is 7.91. The Morgan fingerprint density at radius 1 is 1.30 bits per heavy atom. The summed E-state index contributed by atoms with van der Waals surface area (Å²) in [5.41, 5.74) is 8.92. The number of fused-ring (bicyclic) bond motifs is 1. The molecule has 0 unspecified atom stereocenters. The van der Waals surface area contributed by atoms with E-state index >= 15 is 0 Å². The van der Waals surface area contributed by atoms with E-state index in [1.807, 2.05) is 52.0 Å². The number of nitrogens with one attached hydrogen (secondary N) is 1. The Labute approximate surface area is 137 Å². The van der Waals surface area contributed by atoms with Gasteiger partial charge in [0.25, 0.3) is 0 Å². The topological polar surface area (TPSA) is 73.6 Å². The highest BCUT2D eigenvalue weighted by Gasteiger charge is 2.52. The van der Waals surface area contributed by atoms with E-state index in [9.17, 15) is 4.79 Å². The van der Waals surface area contributed by atoms with Crippen LogP contribution < -0.4 is 11.1 Å². The van der Waals surface area contributed by atoms with Gasteiger partial charge in [-0.15, -0.1) is 0 Å². The largest absolute Gasteiger partial charge is 0.491 e. The van der Waals surface area contributed by atoms with Crippen LogP contribution in [0, 0.1) is 0 Å². The summed E-state index contributed by atoms with van der Waals surface area (Å²) >= 11 is 0. The Kier molecular flexibility index (Phi) is 3.87. The summed E-state index contributed by atoms with van der Waals surface area (Å²) in [4.78, 5) is 11.5. The third-order valence-corrected chi connectivity index (χ3v) is 4.90. The molecule has 0 aliphatic carbocycles. The van der Waals surface area contributed by atoms with Gasteiger partial charge in [0.05, 0.1) is 17.6 Å². The molecule has 122 valence electrons. The van der Waals surface area contributed by atoms with Crippen LogP contribution in [0.15, 0.2) is 23.7 Å². The van der Waals surface area contributed by atoms with E-state index in [0.29, 0.717) is 13.0 Å². The highest BCUT2D eigenvalue weighted by Crippen LogP contribution is 2.38. The molecule has 2 aliphatic heterocycles. The maximum absolute atomic E-state index is 11.5. The summed E-state index contributed by atoms with van der Waals surface area (Å²) in [5.74, 6) is 0.0335. The normalized spacial score (nSPS) is 22.2. The predicted molar refractivity (Wildman–Crippen MR) is 91.9 cm³/mol. The van der Waals surface area contributed by atoms with Gasteiger partial charge < -0.3 is 20.4 Å². The fourth-order valence-electron chi connectivity index (χ4n) is 2.77. The summed E-state index contributed by atoms with van der Waals surface area (Å²) in [6.07, 6.45) is 2.41. The lowest BCUT2D eigenvalue weighted by Gasteiger charge is -2.32. The minimum atomic E-state index is -0.446. The number of hydrogen-bond donors (Lipinski definition) is 2. The molecule has 23 heavy (non-hydrogen) atoms. The highest BCUT2D eigenvalue weighted by molar-refractivity contribution is 6.55. The number of rotatable bonds is 3. The molecule has 3 rings (SSSR count). The van der Waals surface area contributed by atoms with E-state index in [2.05, 4.69) is 5.32 Å². The van der Waals surface area contributed by atoms with Crippen molar-refractivity contribution in [2.45, 2.75) is 45.3 Å². The van der Waals surface area contributed by atoms with E-state index < -0.39 is 7.12 Å². The molecule has 1 amide bonds. The SMILES string of the molecule is CC1(C)OB(C(=Cc2ccc3c(c2)CC(=O)N3)CN)OC1(C)C. The van der Waals surface area contributed by atoms with Crippen molar-refractivity contribution in [3.63, 3.8) is 0 Å². The average Bonchev–Trinajstić information content (AvgIpc) is 2.91. The number of carbonyl (C=O) groups excluding carboxylic acids is 1. The van der Waals surface area contributed by atoms with Gasteiger partial charge in [0.2, 0.25) is 5.91 Å². The van der Waals surface area contributed by atoms with Crippen LogP contribution in [-0.4, -0.2) is 30.8 Å². The maximum atomic E-state index is 11.5. The van der Waals surface area contributed by atoms with Gasteiger partial charge in [0.1, 0.15) is 0 Å². The van der Waals surface area contributed by atoms with Crippen molar-refractivity contribution in [1.29, 1.82) is 0 Å². The molecule has 3 N–H and O–H groups in total. The Morgan fingerprint density at radius 3 is 2.57 bits per heavy atom. The number of anilines is 1. The molecule has 0 atom stereocenters. The van der Waals surface area contributed by atoms with Crippen LogP contribution in [-0.2, 0) is 20.5 Å². The lowest BCUT2D eigenvalue weighted by atomic mass is 9.77. The maximum Gasteiger partial charge on any atom is 0.491 e. The van der Waals surface area contributed by atoms with E-state index in [0.717, 1.165) is 22.3 Å². The molecule has 0 bridgehead atoms. The van der Waals surface area contributed by atoms with Crippen LogP contribution in [0.1, 0.15) is 38.8 Å². The summed E-state index contributed by atoms with van der Waals surface area (Å²) in [7, 11) is -0.446. The van der Waals surface area contributed by atoms with Crippen molar-refractivity contribution in [2.24, 2.45) is 5.73 Å². The molecule has 0 aromatic heterocycles. The molecule has 1 fully saturated rings. The van der Waals surface area contributed by atoms with Crippen LogP contribution in [0.25, 0.3) is 6.08 Å². The van der Waals surface area contributed by atoms with Crippen molar-refractivity contribution in [3.05, 3.63) is 34.8 Å². The number of benzene rings is 1. The van der Waals surface area contributed by atoms with E-state index in [1.54, 1.807) is 0 Å². The summed E-state index contributed by atoms with van der Waals surface area (Å²) in [6, 6.07) is 5.89. The van der Waals surface area contributed by atoms with Gasteiger partial charge in [-0.05, 0) is 56.4 Å². The van der Waals surface area contributed by atoms with Gasteiger partial charge in [-0.25, -0.2) is 0 Å². The quantitative estimate of drug-likeness (QED) is 0.839. The molecule has 1 aromatic carbocycles. The van der Waals surface area contributed by atoms with Crippen molar-refractivity contribution < 1.29 is 14.1 Å². The number of carbonyl (C=O) groups is 1. The first-order chi connectivity index (χ1) is 10.7. The van der Waals surface area contributed by atoms with Gasteiger partial charge in [-0.1, -0.05) is 12.1 Å². The van der Waals surface area contributed by atoms with Crippen molar-refractivity contribution in [2.75, 3.05) is 11.9 Å². The second kappa shape index (κ2) is 5.48. The van der Waals surface area contributed by atoms with Crippen molar-refractivity contribution >= 4 is 24.8 Å². The summed E-state index contributed by atoms with van der Waals surface area (Å²) in [5, 5.41) is 2.83. The van der Waals surface area contributed by atoms with Gasteiger partial charge in [-0.3, -0.25) is 4.79 Å². The molecule has 0 radical (unpaired) electrons. The number of nitrogens with two attached hydrogens (primary N) is 1. The van der Waals surface area contributed by atoms with Crippen LogP contribution in [0.2, 0.25) is 0 Å². The van der Waals surface area contributed by atoms with E-state index in [-0.39, 0.29) is 17.1 Å². The standard InChI is InChI=1S/C17H23BN2O3/c1-16(2)17(3,4)23-18(22-16)13(10-19)8-11-5-6-14-12(7-11)9-15(21)20-14/h5-8H,9-10,19H2,1-4H3,(H,20,21). The van der Waals surface area contributed by atoms with Gasteiger partial charge in [0.15, 0.2) is 0 Å². The zero-order chi connectivity index (χ0) is 16.8. The molecule has 2 heterocycles. The first kappa shape index (κ1) is 16.2. The Bertz CT molecular complexity index is 666. The molecular weight excluding hydrogens is 291 g/mol. The van der Waals surface area contributed by atoms with Crippen molar-refractivity contribution in [3.8, 4) is 0 Å². The second-order valence-electron chi connectivity index (χ2n) is 7.15. The third kappa shape index (κ3) is 2.94. The molecule has 5 nitrogen and oxygen atoms in total. The Morgan fingerprint density at radius 2 is 1.96 bits per heavy atom. The molecule has 0 spiro atoms. The molecule has 6 heteroatoms. The monoisotopic (exact) mass is 314 g/mol. The zero-order valence-corrected chi connectivity index (χ0v) is 14.1. The van der Waals surface area contributed by atoms with E-state index in [4.69, 9.17) is 15.0 Å². The summed E-state index contributed by atoms with van der Waals surface area (Å²) < 4.78 is 12.1. The van der Waals surface area contributed by atoms with Gasteiger partial charge in [0, 0.05) is 12.2 Å². The fourth-order valence-corrected chi connectivity index (χ4v) is 2.77. The molecule has 1 saturated heterocycles.